The standard InChI is InChI=1S/C13H18N4O3/c1-14-12(18)10-3-4-11(16-15-10)17-6-2-5-13(9-17)19-7-8-20-13/h3-4H,2,5-9H2,1H3,(H,14,18). The van der Waals surface area contributed by atoms with Crippen molar-refractivity contribution in [1.82, 2.24) is 15.5 Å². The van der Waals surface area contributed by atoms with E-state index >= 15 is 0 Å². The van der Waals surface area contributed by atoms with Gasteiger partial charge in [-0.25, -0.2) is 0 Å². The molecule has 7 heteroatoms. The van der Waals surface area contributed by atoms with Crippen molar-refractivity contribution in [3.8, 4) is 0 Å². The summed E-state index contributed by atoms with van der Waals surface area (Å²) in [6.45, 7) is 2.84. The van der Waals surface area contributed by atoms with Crippen molar-refractivity contribution in [2.24, 2.45) is 0 Å². The van der Waals surface area contributed by atoms with E-state index in [-0.39, 0.29) is 5.91 Å². The van der Waals surface area contributed by atoms with E-state index in [4.69, 9.17) is 9.47 Å². The SMILES string of the molecule is CNC(=O)c1ccc(N2CCCC3(C2)OCCO3)nn1. The number of piperidine rings is 1. The molecule has 1 spiro atoms. The Hall–Kier alpha value is -1.73. The van der Waals surface area contributed by atoms with Crippen LogP contribution in [0.2, 0.25) is 0 Å². The van der Waals surface area contributed by atoms with Crippen LogP contribution in [-0.2, 0) is 9.47 Å². The molecule has 1 N–H and O–H groups in total. The molecule has 2 aliphatic rings. The molecular formula is C13H18N4O3. The number of anilines is 1. The summed E-state index contributed by atoms with van der Waals surface area (Å²) in [7, 11) is 1.57. The van der Waals surface area contributed by atoms with E-state index in [2.05, 4.69) is 20.4 Å². The van der Waals surface area contributed by atoms with Gasteiger partial charge in [-0.2, -0.15) is 0 Å². The fourth-order valence-corrected chi connectivity index (χ4v) is 2.66. The molecule has 1 amide bonds. The van der Waals surface area contributed by atoms with Crippen molar-refractivity contribution in [2.45, 2.75) is 18.6 Å². The lowest BCUT2D eigenvalue weighted by molar-refractivity contribution is -0.161. The molecule has 1 aromatic heterocycles. The van der Waals surface area contributed by atoms with Gasteiger partial charge in [0.15, 0.2) is 17.3 Å². The molecule has 7 nitrogen and oxygen atoms in total. The van der Waals surface area contributed by atoms with Gasteiger partial charge in [0.05, 0.1) is 19.8 Å². The second kappa shape index (κ2) is 5.34. The number of carbonyl (C=O) groups is 1. The number of hydrogen-bond acceptors (Lipinski definition) is 6. The Balaban J connectivity index is 1.73. The monoisotopic (exact) mass is 278 g/mol. The Morgan fingerprint density at radius 1 is 1.35 bits per heavy atom. The summed E-state index contributed by atoms with van der Waals surface area (Å²) in [6.07, 6.45) is 1.89. The molecule has 3 heterocycles. The highest BCUT2D eigenvalue weighted by atomic mass is 16.7. The average molecular weight is 278 g/mol. The van der Waals surface area contributed by atoms with Crippen molar-refractivity contribution in [2.75, 3.05) is 38.3 Å². The van der Waals surface area contributed by atoms with Crippen LogP contribution in [-0.4, -0.2) is 55.2 Å². The van der Waals surface area contributed by atoms with Gasteiger partial charge in [-0.05, 0) is 18.6 Å². The zero-order valence-electron chi connectivity index (χ0n) is 11.5. The maximum Gasteiger partial charge on any atom is 0.271 e. The van der Waals surface area contributed by atoms with Crippen molar-refractivity contribution in [3.63, 3.8) is 0 Å². The van der Waals surface area contributed by atoms with Gasteiger partial charge in [-0.1, -0.05) is 0 Å². The molecule has 0 aliphatic carbocycles. The third-order valence-corrected chi connectivity index (χ3v) is 3.67. The van der Waals surface area contributed by atoms with Crippen molar-refractivity contribution >= 4 is 11.7 Å². The molecule has 108 valence electrons. The number of ether oxygens (including phenoxy) is 2. The summed E-state index contributed by atoms with van der Waals surface area (Å²) in [5.74, 6) is 0.0248. The molecule has 20 heavy (non-hydrogen) atoms. The van der Waals surface area contributed by atoms with Crippen LogP contribution in [0, 0.1) is 0 Å². The van der Waals surface area contributed by atoms with E-state index in [0.717, 1.165) is 25.2 Å². The Morgan fingerprint density at radius 3 is 2.80 bits per heavy atom. The molecular weight excluding hydrogens is 260 g/mol. The van der Waals surface area contributed by atoms with Gasteiger partial charge in [0, 0.05) is 20.0 Å². The van der Waals surface area contributed by atoms with Crippen LogP contribution >= 0.6 is 0 Å². The first-order valence-corrected chi connectivity index (χ1v) is 6.81. The lowest BCUT2D eigenvalue weighted by Crippen LogP contribution is -2.49. The van der Waals surface area contributed by atoms with Gasteiger partial charge in [0.25, 0.3) is 5.91 Å². The highest BCUT2D eigenvalue weighted by Crippen LogP contribution is 2.31. The third kappa shape index (κ3) is 2.46. The number of aromatic nitrogens is 2. The maximum absolute atomic E-state index is 11.4. The van der Waals surface area contributed by atoms with Crippen LogP contribution in [0.1, 0.15) is 23.3 Å². The van der Waals surface area contributed by atoms with Gasteiger partial charge in [-0.15, -0.1) is 10.2 Å². The molecule has 0 unspecified atom stereocenters. The summed E-state index contributed by atoms with van der Waals surface area (Å²) >= 11 is 0. The number of nitrogens with zero attached hydrogens (tertiary/aromatic N) is 3. The minimum absolute atomic E-state index is 0.235. The predicted octanol–water partition coefficient (Wildman–Crippen LogP) is 0.179. The predicted molar refractivity (Wildman–Crippen MR) is 71.5 cm³/mol. The largest absolute Gasteiger partial charge is 0.354 e. The van der Waals surface area contributed by atoms with Crippen LogP contribution in [0.5, 0.6) is 0 Å². The van der Waals surface area contributed by atoms with Crippen LogP contribution in [0.3, 0.4) is 0 Å². The highest BCUT2D eigenvalue weighted by molar-refractivity contribution is 5.91. The number of amides is 1. The molecule has 0 atom stereocenters. The van der Waals surface area contributed by atoms with E-state index < -0.39 is 5.79 Å². The molecule has 0 aromatic carbocycles. The fraction of sp³-hybridized carbons (Fsp3) is 0.615. The summed E-state index contributed by atoms with van der Waals surface area (Å²) in [5.41, 5.74) is 0.316. The summed E-state index contributed by atoms with van der Waals surface area (Å²) in [4.78, 5) is 13.5. The summed E-state index contributed by atoms with van der Waals surface area (Å²) in [6, 6.07) is 3.49. The average Bonchev–Trinajstić information content (AvgIpc) is 2.94. The van der Waals surface area contributed by atoms with Crippen LogP contribution in [0.25, 0.3) is 0 Å². The van der Waals surface area contributed by atoms with Crippen LogP contribution < -0.4 is 10.2 Å². The molecule has 1 aromatic rings. The molecule has 2 aliphatic heterocycles. The van der Waals surface area contributed by atoms with Gasteiger partial charge in [0.1, 0.15) is 0 Å². The molecule has 3 rings (SSSR count). The Labute approximate surface area is 117 Å². The van der Waals surface area contributed by atoms with E-state index in [1.807, 2.05) is 6.07 Å². The van der Waals surface area contributed by atoms with Gasteiger partial charge < -0.3 is 19.7 Å². The zero-order valence-corrected chi connectivity index (χ0v) is 11.5. The highest BCUT2D eigenvalue weighted by Gasteiger charge is 2.41. The topological polar surface area (TPSA) is 76.6 Å². The molecule has 2 saturated heterocycles. The van der Waals surface area contributed by atoms with E-state index in [1.54, 1.807) is 13.1 Å². The minimum atomic E-state index is -0.487. The number of hydrogen-bond donors (Lipinski definition) is 1. The van der Waals surface area contributed by atoms with Gasteiger partial charge in [0.2, 0.25) is 0 Å². The van der Waals surface area contributed by atoms with Gasteiger partial charge in [-0.3, -0.25) is 4.79 Å². The molecule has 0 radical (unpaired) electrons. The number of nitrogens with one attached hydrogen (secondary N) is 1. The fourth-order valence-electron chi connectivity index (χ4n) is 2.66. The van der Waals surface area contributed by atoms with Crippen LogP contribution in [0.15, 0.2) is 12.1 Å². The minimum Gasteiger partial charge on any atom is -0.354 e. The first kappa shape index (κ1) is 13.3. The molecule has 0 saturated carbocycles. The normalized spacial score (nSPS) is 21.1. The van der Waals surface area contributed by atoms with E-state index in [1.165, 1.54) is 0 Å². The molecule has 0 bridgehead atoms. The second-order valence-electron chi connectivity index (χ2n) is 4.99. The second-order valence-corrected chi connectivity index (χ2v) is 4.99. The first-order chi connectivity index (χ1) is 9.72. The zero-order chi connectivity index (χ0) is 14.0. The Morgan fingerprint density at radius 2 is 2.15 bits per heavy atom. The van der Waals surface area contributed by atoms with E-state index in [0.29, 0.717) is 25.5 Å². The first-order valence-electron chi connectivity index (χ1n) is 6.81. The van der Waals surface area contributed by atoms with Crippen molar-refractivity contribution in [3.05, 3.63) is 17.8 Å². The molecule has 2 fully saturated rings. The Bertz CT molecular complexity index is 485. The summed E-state index contributed by atoms with van der Waals surface area (Å²) < 4.78 is 11.5. The summed E-state index contributed by atoms with van der Waals surface area (Å²) in [5, 5.41) is 10.6. The maximum atomic E-state index is 11.4. The number of carbonyl (C=O) groups excluding carboxylic acids is 1. The Kier molecular flexibility index (Phi) is 3.54. The van der Waals surface area contributed by atoms with Crippen LogP contribution in [0.4, 0.5) is 5.82 Å². The van der Waals surface area contributed by atoms with Crippen molar-refractivity contribution in [1.29, 1.82) is 0 Å². The lowest BCUT2D eigenvalue weighted by atomic mass is 10.0. The lowest BCUT2D eigenvalue weighted by Gasteiger charge is -2.38. The number of rotatable bonds is 2. The quantitative estimate of drug-likeness (QED) is 0.831. The smallest absolute Gasteiger partial charge is 0.271 e. The van der Waals surface area contributed by atoms with E-state index in [9.17, 15) is 4.79 Å². The van der Waals surface area contributed by atoms with Gasteiger partial charge >= 0.3 is 0 Å². The third-order valence-electron chi connectivity index (χ3n) is 3.67. The van der Waals surface area contributed by atoms with Crippen molar-refractivity contribution < 1.29 is 14.3 Å².